The van der Waals surface area contributed by atoms with Gasteiger partial charge >= 0.3 is 0 Å². The molecule has 18 heavy (non-hydrogen) atoms. The number of hydrogen-bond acceptors (Lipinski definition) is 1. The molecule has 0 saturated heterocycles. The van der Waals surface area contributed by atoms with Gasteiger partial charge in [-0.2, -0.15) is 0 Å². The summed E-state index contributed by atoms with van der Waals surface area (Å²) in [6, 6.07) is 8.30. The SMILES string of the molecule is C[N+](C)(C)Cc1[nH]c2ccccc2c1CCO.[I-]. The van der Waals surface area contributed by atoms with Crippen LogP contribution in [0.5, 0.6) is 0 Å². The standard InChI is InChI=1S/C14H21N2O.HI/c1-16(2,3)10-14-12(8-9-17)11-6-4-5-7-13(11)15-14;/h4-7,15,17H,8-10H2,1-3H3;1H/q+1;/p-1. The van der Waals surface area contributed by atoms with Crippen LogP contribution in [0.3, 0.4) is 0 Å². The van der Waals surface area contributed by atoms with Gasteiger partial charge in [-0.3, -0.25) is 0 Å². The fraction of sp³-hybridized carbons (Fsp3) is 0.429. The topological polar surface area (TPSA) is 36.0 Å². The number of hydrogen-bond donors (Lipinski definition) is 2. The van der Waals surface area contributed by atoms with E-state index in [1.54, 1.807) is 0 Å². The number of benzene rings is 1. The van der Waals surface area contributed by atoms with Crippen LogP contribution in [-0.2, 0) is 13.0 Å². The Balaban J connectivity index is 0.00000162. The van der Waals surface area contributed by atoms with Crippen LogP contribution in [-0.4, -0.2) is 42.3 Å². The van der Waals surface area contributed by atoms with Gasteiger partial charge in [0.25, 0.3) is 0 Å². The molecule has 2 aromatic rings. The molecule has 4 heteroatoms. The van der Waals surface area contributed by atoms with E-state index in [9.17, 15) is 5.11 Å². The van der Waals surface area contributed by atoms with Crippen LogP contribution in [0.2, 0.25) is 0 Å². The first-order chi connectivity index (χ1) is 8.01. The maximum Gasteiger partial charge on any atom is 0.119 e. The molecule has 0 spiro atoms. The zero-order chi connectivity index (χ0) is 12.5. The largest absolute Gasteiger partial charge is 1.00 e. The van der Waals surface area contributed by atoms with Crippen molar-refractivity contribution >= 4 is 10.9 Å². The number of fused-ring (bicyclic) bond motifs is 1. The number of nitrogens with zero attached hydrogens (tertiary/aromatic N) is 1. The summed E-state index contributed by atoms with van der Waals surface area (Å²) in [6.45, 7) is 1.15. The van der Waals surface area contributed by atoms with Gasteiger partial charge < -0.3 is 38.6 Å². The van der Waals surface area contributed by atoms with Crippen molar-refractivity contribution in [3.05, 3.63) is 35.5 Å². The Morgan fingerprint density at radius 3 is 2.44 bits per heavy atom. The van der Waals surface area contributed by atoms with Crippen molar-refractivity contribution in [2.45, 2.75) is 13.0 Å². The molecular formula is C14H21IN2O. The molecule has 0 amide bonds. The molecule has 0 unspecified atom stereocenters. The first-order valence-electron chi connectivity index (χ1n) is 6.01. The lowest BCUT2D eigenvalue weighted by atomic mass is 10.1. The van der Waals surface area contributed by atoms with E-state index in [1.165, 1.54) is 22.2 Å². The Morgan fingerprint density at radius 2 is 1.83 bits per heavy atom. The zero-order valence-corrected chi connectivity index (χ0v) is 13.4. The molecule has 0 saturated carbocycles. The number of nitrogens with one attached hydrogen (secondary N) is 1. The Hall–Kier alpha value is -0.590. The molecule has 0 aliphatic carbocycles. The van der Waals surface area contributed by atoms with Crippen LogP contribution in [0, 0.1) is 0 Å². The van der Waals surface area contributed by atoms with Gasteiger partial charge in [-0.05, 0) is 18.1 Å². The number of quaternary nitrogens is 1. The highest BCUT2D eigenvalue weighted by molar-refractivity contribution is 5.84. The predicted octanol–water partition coefficient (Wildman–Crippen LogP) is -1.09. The molecule has 0 radical (unpaired) electrons. The zero-order valence-electron chi connectivity index (χ0n) is 11.2. The molecule has 3 nitrogen and oxygen atoms in total. The number of halogens is 1. The van der Waals surface area contributed by atoms with Crippen LogP contribution < -0.4 is 24.0 Å². The number of para-hydroxylation sites is 1. The van der Waals surface area contributed by atoms with Crippen molar-refractivity contribution in [1.29, 1.82) is 0 Å². The van der Waals surface area contributed by atoms with E-state index < -0.39 is 0 Å². The molecule has 0 atom stereocenters. The van der Waals surface area contributed by atoms with Gasteiger partial charge in [-0.1, -0.05) is 18.2 Å². The van der Waals surface area contributed by atoms with Gasteiger partial charge in [-0.25, -0.2) is 0 Å². The third kappa shape index (κ3) is 3.46. The summed E-state index contributed by atoms with van der Waals surface area (Å²) in [7, 11) is 6.52. The summed E-state index contributed by atoms with van der Waals surface area (Å²) in [5, 5.41) is 10.4. The molecule has 2 N–H and O–H groups in total. The number of aromatic nitrogens is 1. The highest BCUT2D eigenvalue weighted by atomic mass is 127. The maximum absolute atomic E-state index is 9.20. The van der Waals surface area contributed by atoms with Crippen LogP contribution in [0.25, 0.3) is 10.9 Å². The number of H-pyrrole nitrogens is 1. The molecule has 1 aromatic carbocycles. The van der Waals surface area contributed by atoms with Gasteiger partial charge in [0.05, 0.1) is 26.8 Å². The summed E-state index contributed by atoms with van der Waals surface area (Å²) in [5.41, 5.74) is 3.67. The van der Waals surface area contributed by atoms with Crippen molar-refractivity contribution in [2.75, 3.05) is 27.7 Å². The van der Waals surface area contributed by atoms with E-state index in [1.807, 2.05) is 12.1 Å². The molecular weight excluding hydrogens is 339 g/mol. The second kappa shape index (κ2) is 6.04. The first kappa shape index (κ1) is 15.5. The molecule has 0 aliphatic heterocycles. The summed E-state index contributed by atoms with van der Waals surface area (Å²) in [6.07, 6.45) is 0.722. The van der Waals surface area contributed by atoms with Gasteiger partial charge in [0.15, 0.2) is 0 Å². The van der Waals surface area contributed by atoms with Gasteiger partial charge in [0, 0.05) is 17.5 Å². The van der Waals surface area contributed by atoms with Crippen LogP contribution in [0.1, 0.15) is 11.3 Å². The Labute approximate surface area is 125 Å². The Bertz CT molecular complexity index is 514. The van der Waals surface area contributed by atoms with E-state index in [0.717, 1.165) is 17.4 Å². The highest BCUT2D eigenvalue weighted by Gasteiger charge is 2.16. The minimum Gasteiger partial charge on any atom is -1.00 e. The average Bonchev–Trinajstić information content (AvgIpc) is 2.55. The van der Waals surface area contributed by atoms with Crippen molar-refractivity contribution in [3.63, 3.8) is 0 Å². The molecule has 1 heterocycles. The van der Waals surface area contributed by atoms with E-state index in [0.29, 0.717) is 0 Å². The first-order valence-corrected chi connectivity index (χ1v) is 6.01. The van der Waals surface area contributed by atoms with E-state index in [2.05, 4.69) is 38.3 Å². The molecule has 0 bridgehead atoms. The van der Waals surface area contributed by atoms with Crippen molar-refractivity contribution in [2.24, 2.45) is 0 Å². The maximum atomic E-state index is 9.20. The summed E-state index contributed by atoms with van der Waals surface area (Å²) in [4.78, 5) is 3.48. The fourth-order valence-corrected chi connectivity index (χ4v) is 2.26. The molecule has 100 valence electrons. The van der Waals surface area contributed by atoms with E-state index in [4.69, 9.17) is 0 Å². The third-order valence-corrected chi connectivity index (χ3v) is 2.90. The van der Waals surface area contributed by atoms with E-state index >= 15 is 0 Å². The number of aliphatic hydroxyl groups excluding tert-OH is 1. The summed E-state index contributed by atoms with van der Waals surface area (Å²) in [5.74, 6) is 0. The quantitative estimate of drug-likeness (QED) is 0.528. The molecule has 0 aliphatic rings. The average molecular weight is 360 g/mol. The Morgan fingerprint density at radius 1 is 1.17 bits per heavy atom. The third-order valence-electron chi connectivity index (χ3n) is 2.90. The van der Waals surface area contributed by atoms with E-state index in [-0.39, 0.29) is 30.6 Å². The fourth-order valence-electron chi connectivity index (χ4n) is 2.26. The number of aliphatic hydroxyl groups is 1. The number of rotatable bonds is 4. The molecule has 0 fully saturated rings. The lowest BCUT2D eigenvalue weighted by molar-refractivity contribution is -0.884. The minimum atomic E-state index is 0. The molecule has 2 rings (SSSR count). The molecule has 1 aromatic heterocycles. The van der Waals surface area contributed by atoms with Gasteiger partial charge in [0.1, 0.15) is 6.54 Å². The lowest BCUT2D eigenvalue weighted by Crippen LogP contribution is -3.00. The van der Waals surface area contributed by atoms with Crippen LogP contribution in [0.4, 0.5) is 0 Å². The van der Waals surface area contributed by atoms with Crippen LogP contribution >= 0.6 is 0 Å². The predicted molar refractivity (Wildman–Crippen MR) is 70.8 cm³/mol. The minimum absolute atomic E-state index is 0. The van der Waals surface area contributed by atoms with Gasteiger partial charge in [0.2, 0.25) is 0 Å². The summed E-state index contributed by atoms with van der Waals surface area (Å²) < 4.78 is 0.880. The Kier molecular flexibility index (Phi) is 5.19. The summed E-state index contributed by atoms with van der Waals surface area (Å²) >= 11 is 0. The van der Waals surface area contributed by atoms with Crippen molar-refractivity contribution in [3.8, 4) is 0 Å². The van der Waals surface area contributed by atoms with Gasteiger partial charge in [-0.15, -0.1) is 0 Å². The van der Waals surface area contributed by atoms with Crippen molar-refractivity contribution in [1.82, 2.24) is 4.98 Å². The lowest BCUT2D eigenvalue weighted by Gasteiger charge is -2.23. The normalized spacial score (nSPS) is 11.6. The smallest absolute Gasteiger partial charge is 0.119 e. The second-order valence-electron chi connectivity index (χ2n) is 5.55. The van der Waals surface area contributed by atoms with Crippen LogP contribution in [0.15, 0.2) is 24.3 Å². The van der Waals surface area contributed by atoms with Crippen molar-refractivity contribution < 1.29 is 33.6 Å². The second-order valence-corrected chi connectivity index (χ2v) is 5.55. The number of aromatic amines is 1. The highest BCUT2D eigenvalue weighted by Crippen LogP contribution is 2.24. The monoisotopic (exact) mass is 360 g/mol.